The first-order chi connectivity index (χ1) is 9.41. The third kappa shape index (κ3) is 3.23. The summed E-state index contributed by atoms with van der Waals surface area (Å²) in [5.41, 5.74) is 2.86. The molecule has 1 aromatic rings. The molecule has 1 aromatic heterocycles. The molecule has 1 saturated heterocycles. The van der Waals surface area contributed by atoms with Crippen molar-refractivity contribution in [2.24, 2.45) is 5.84 Å². The second kappa shape index (κ2) is 5.72. The minimum Gasteiger partial charge on any atom is -0.335 e. The lowest BCUT2D eigenvalue weighted by Crippen LogP contribution is -2.54. The van der Waals surface area contributed by atoms with Gasteiger partial charge in [0.1, 0.15) is 5.69 Å². The van der Waals surface area contributed by atoms with Crippen LogP contribution in [0.25, 0.3) is 0 Å². The number of anilines is 1. The van der Waals surface area contributed by atoms with E-state index in [1.54, 1.807) is 0 Å². The number of nitrogens with one attached hydrogen (secondary N) is 1. The van der Waals surface area contributed by atoms with Gasteiger partial charge in [-0.2, -0.15) is 0 Å². The van der Waals surface area contributed by atoms with E-state index < -0.39 is 0 Å². The van der Waals surface area contributed by atoms with Crippen molar-refractivity contribution in [2.45, 2.75) is 26.3 Å². The summed E-state index contributed by atoms with van der Waals surface area (Å²) in [5, 5.41) is 0. The molecule has 0 unspecified atom stereocenters. The highest BCUT2D eigenvalue weighted by Crippen LogP contribution is 2.16. The van der Waals surface area contributed by atoms with Crippen LogP contribution in [0.5, 0.6) is 0 Å². The van der Waals surface area contributed by atoms with E-state index in [1.807, 2.05) is 4.90 Å². The fourth-order valence-corrected chi connectivity index (χ4v) is 2.28. The molecule has 7 nitrogen and oxygen atoms in total. The van der Waals surface area contributed by atoms with Gasteiger partial charge in [0, 0.05) is 31.7 Å². The molecule has 0 saturated carbocycles. The Morgan fingerprint density at radius 2 is 1.90 bits per heavy atom. The molecule has 20 heavy (non-hydrogen) atoms. The maximum atomic E-state index is 12.4. The largest absolute Gasteiger partial charge is 0.335 e. The van der Waals surface area contributed by atoms with Gasteiger partial charge in [-0.3, -0.25) is 14.7 Å². The molecule has 0 spiro atoms. The molecule has 1 aliphatic heterocycles. The van der Waals surface area contributed by atoms with Gasteiger partial charge in [0.05, 0.1) is 12.4 Å². The fourth-order valence-electron chi connectivity index (χ4n) is 2.28. The van der Waals surface area contributed by atoms with Crippen molar-refractivity contribution < 1.29 is 4.79 Å². The van der Waals surface area contributed by atoms with Crippen molar-refractivity contribution in [3.63, 3.8) is 0 Å². The van der Waals surface area contributed by atoms with Crippen molar-refractivity contribution in [3.8, 4) is 0 Å². The number of hydrogen-bond acceptors (Lipinski definition) is 6. The number of hydrazine groups is 1. The van der Waals surface area contributed by atoms with Crippen molar-refractivity contribution in [1.82, 2.24) is 19.8 Å². The zero-order chi connectivity index (χ0) is 14.8. The third-order valence-electron chi connectivity index (χ3n) is 3.52. The van der Waals surface area contributed by atoms with E-state index in [1.165, 1.54) is 12.4 Å². The number of piperazine rings is 1. The van der Waals surface area contributed by atoms with Crippen LogP contribution in [0.3, 0.4) is 0 Å². The van der Waals surface area contributed by atoms with Crippen molar-refractivity contribution in [1.29, 1.82) is 0 Å². The highest BCUT2D eigenvalue weighted by molar-refractivity contribution is 5.92. The van der Waals surface area contributed by atoms with Gasteiger partial charge in [-0.15, -0.1) is 0 Å². The molecule has 1 aliphatic rings. The number of carbonyl (C=O) groups is 1. The van der Waals surface area contributed by atoms with Crippen LogP contribution >= 0.6 is 0 Å². The topological polar surface area (TPSA) is 87.4 Å². The van der Waals surface area contributed by atoms with Crippen LogP contribution in [0.1, 0.15) is 31.3 Å². The van der Waals surface area contributed by atoms with Gasteiger partial charge in [-0.1, -0.05) is 0 Å². The summed E-state index contributed by atoms with van der Waals surface area (Å²) in [4.78, 5) is 24.6. The van der Waals surface area contributed by atoms with Gasteiger partial charge in [0.25, 0.3) is 5.91 Å². The van der Waals surface area contributed by atoms with E-state index >= 15 is 0 Å². The van der Waals surface area contributed by atoms with Crippen LogP contribution in [0.2, 0.25) is 0 Å². The molecule has 0 radical (unpaired) electrons. The fraction of sp³-hybridized carbons (Fsp3) is 0.615. The quantitative estimate of drug-likeness (QED) is 0.598. The second-order valence-electron chi connectivity index (χ2n) is 5.88. The Hall–Kier alpha value is -1.73. The molecule has 110 valence electrons. The highest BCUT2D eigenvalue weighted by Gasteiger charge is 2.28. The lowest BCUT2D eigenvalue weighted by molar-refractivity contribution is 0.0446. The Morgan fingerprint density at radius 3 is 2.45 bits per heavy atom. The molecular formula is C13H22N6O. The molecule has 7 heteroatoms. The Labute approximate surface area is 119 Å². The van der Waals surface area contributed by atoms with Crippen LogP contribution in [-0.4, -0.2) is 57.4 Å². The molecule has 3 N–H and O–H groups in total. The predicted molar refractivity (Wildman–Crippen MR) is 77.1 cm³/mol. The Morgan fingerprint density at radius 1 is 1.25 bits per heavy atom. The zero-order valence-electron chi connectivity index (χ0n) is 12.3. The summed E-state index contributed by atoms with van der Waals surface area (Å²) < 4.78 is 0. The van der Waals surface area contributed by atoms with E-state index in [2.05, 4.69) is 41.1 Å². The Bertz CT molecular complexity index is 476. The molecule has 0 bridgehead atoms. The number of hydrogen-bond donors (Lipinski definition) is 2. The van der Waals surface area contributed by atoms with Crippen LogP contribution in [0, 0.1) is 0 Å². The van der Waals surface area contributed by atoms with Crippen molar-refractivity contribution >= 4 is 11.7 Å². The van der Waals surface area contributed by atoms with E-state index in [0.717, 1.165) is 13.1 Å². The first-order valence-corrected chi connectivity index (χ1v) is 6.75. The normalized spacial score (nSPS) is 17.1. The molecule has 1 fully saturated rings. The Balaban J connectivity index is 2.01. The first-order valence-electron chi connectivity index (χ1n) is 6.75. The maximum absolute atomic E-state index is 12.4. The van der Waals surface area contributed by atoms with Gasteiger partial charge in [-0.05, 0) is 20.8 Å². The van der Waals surface area contributed by atoms with Gasteiger partial charge < -0.3 is 10.3 Å². The SMILES string of the molecule is CC(C)(C)N1CCN(C(=O)c2cncc(NN)n2)CC1. The molecule has 2 rings (SSSR count). The molecule has 0 aromatic carbocycles. The summed E-state index contributed by atoms with van der Waals surface area (Å²) in [6.07, 6.45) is 2.95. The summed E-state index contributed by atoms with van der Waals surface area (Å²) >= 11 is 0. The lowest BCUT2D eigenvalue weighted by atomic mass is 10.0. The average molecular weight is 278 g/mol. The number of nitrogens with zero attached hydrogens (tertiary/aromatic N) is 4. The highest BCUT2D eigenvalue weighted by atomic mass is 16.2. The van der Waals surface area contributed by atoms with E-state index in [4.69, 9.17) is 5.84 Å². The zero-order valence-corrected chi connectivity index (χ0v) is 12.3. The average Bonchev–Trinajstić information content (AvgIpc) is 2.46. The van der Waals surface area contributed by atoms with Crippen LogP contribution < -0.4 is 11.3 Å². The molecule has 1 amide bonds. The molecular weight excluding hydrogens is 256 g/mol. The number of amides is 1. The van der Waals surface area contributed by atoms with Crippen LogP contribution in [0.15, 0.2) is 12.4 Å². The van der Waals surface area contributed by atoms with Gasteiger partial charge in [-0.25, -0.2) is 10.8 Å². The van der Waals surface area contributed by atoms with E-state index in [-0.39, 0.29) is 11.4 Å². The summed E-state index contributed by atoms with van der Waals surface area (Å²) in [5.74, 6) is 5.58. The summed E-state index contributed by atoms with van der Waals surface area (Å²) in [6.45, 7) is 9.72. The maximum Gasteiger partial charge on any atom is 0.274 e. The van der Waals surface area contributed by atoms with Crippen molar-refractivity contribution in [3.05, 3.63) is 18.1 Å². The molecule has 0 aliphatic carbocycles. The van der Waals surface area contributed by atoms with Gasteiger partial charge >= 0.3 is 0 Å². The minimum absolute atomic E-state index is 0.0943. The van der Waals surface area contributed by atoms with Gasteiger partial charge in [0.2, 0.25) is 0 Å². The van der Waals surface area contributed by atoms with E-state index in [0.29, 0.717) is 24.6 Å². The molecule has 0 atom stereocenters. The van der Waals surface area contributed by atoms with E-state index in [9.17, 15) is 4.79 Å². The Kier molecular flexibility index (Phi) is 4.20. The number of carbonyl (C=O) groups excluding carboxylic acids is 1. The summed E-state index contributed by atoms with van der Waals surface area (Å²) in [7, 11) is 0. The van der Waals surface area contributed by atoms with Crippen molar-refractivity contribution in [2.75, 3.05) is 31.6 Å². The van der Waals surface area contributed by atoms with Crippen LogP contribution in [0.4, 0.5) is 5.82 Å². The molecule has 2 heterocycles. The third-order valence-corrected chi connectivity index (χ3v) is 3.52. The number of rotatable bonds is 2. The minimum atomic E-state index is -0.0943. The number of nitrogens with two attached hydrogens (primary N) is 1. The standard InChI is InChI=1S/C13H22N6O/c1-13(2,3)19-6-4-18(5-7-19)12(20)10-8-15-9-11(16-10)17-14/h8-9H,4-7,14H2,1-3H3,(H,16,17). The number of nitrogen functional groups attached to an aromatic ring is 1. The second-order valence-corrected chi connectivity index (χ2v) is 5.88. The van der Waals surface area contributed by atoms with Gasteiger partial charge in [0.15, 0.2) is 5.82 Å². The van der Waals surface area contributed by atoms with Crippen LogP contribution in [-0.2, 0) is 0 Å². The predicted octanol–water partition coefficient (Wildman–Crippen LogP) is 0.319. The first kappa shape index (κ1) is 14.7. The lowest BCUT2D eigenvalue weighted by Gasteiger charge is -2.42. The summed E-state index contributed by atoms with van der Waals surface area (Å²) in [6, 6.07) is 0. The number of aromatic nitrogens is 2. The monoisotopic (exact) mass is 278 g/mol. The smallest absolute Gasteiger partial charge is 0.274 e.